The van der Waals surface area contributed by atoms with Crippen molar-refractivity contribution in [3.63, 3.8) is 0 Å². The summed E-state index contributed by atoms with van der Waals surface area (Å²) in [4.78, 5) is 0. The number of hydrogen-bond acceptors (Lipinski definition) is 1. The molecule has 30 heavy (non-hydrogen) atoms. The number of nitrogens with zero attached hydrogens (tertiary/aromatic N) is 3. The maximum absolute atomic E-state index is 10.7. The van der Waals surface area contributed by atoms with Crippen LogP contribution in [0.1, 0.15) is 64.5 Å². The highest BCUT2D eigenvalue weighted by molar-refractivity contribution is 5.22. The number of pyridine rings is 2. The van der Waals surface area contributed by atoms with Gasteiger partial charge in [0.25, 0.3) is 0 Å². The van der Waals surface area contributed by atoms with E-state index in [1.54, 1.807) is 12.3 Å². The van der Waals surface area contributed by atoms with E-state index < -0.39 is 0 Å². The van der Waals surface area contributed by atoms with Gasteiger partial charge < -0.3 is 5.21 Å². The molecule has 0 saturated heterocycles. The van der Waals surface area contributed by atoms with Gasteiger partial charge in [-0.1, -0.05) is 47.6 Å². The monoisotopic (exact) mass is 409 g/mol. The van der Waals surface area contributed by atoms with E-state index in [-0.39, 0.29) is 0 Å². The molecular weight excluding hydrogens is 370 g/mol. The Labute approximate surface area is 183 Å². The molecule has 3 rings (SSSR count). The third kappa shape index (κ3) is 9.64. The summed E-state index contributed by atoms with van der Waals surface area (Å²) in [7, 11) is 2.05. The summed E-state index contributed by atoms with van der Waals surface area (Å²) >= 11 is 0. The molecule has 0 unspecified atom stereocenters. The third-order valence-electron chi connectivity index (χ3n) is 4.83. The van der Waals surface area contributed by atoms with Gasteiger partial charge in [0.15, 0.2) is 37.5 Å². The lowest BCUT2D eigenvalue weighted by molar-refractivity contribution is -0.672. The summed E-state index contributed by atoms with van der Waals surface area (Å²) in [6.45, 7) is 17.8. The fourth-order valence-corrected chi connectivity index (χ4v) is 2.77. The minimum atomic E-state index is 0.432. The van der Waals surface area contributed by atoms with E-state index in [4.69, 9.17) is 0 Å². The summed E-state index contributed by atoms with van der Waals surface area (Å²) in [5, 5.41) is 10.7. The number of aromatic nitrogens is 2. The Morgan fingerprint density at radius 1 is 0.867 bits per heavy atom. The van der Waals surface area contributed by atoms with Crippen molar-refractivity contribution < 1.29 is 13.9 Å². The van der Waals surface area contributed by atoms with E-state index >= 15 is 0 Å². The third-order valence-corrected chi connectivity index (χ3v) is 4.83. The maximum atomic E-state index is 10.7. The largest absolute Gasteiger partial charge is 0.619 e. The van der Waals surface area contributed by atoms with Crippen LogP contribution in [0.2, 0.25) is 0 Å². The van der Waals surface area contributed by atoms with Crippen LogP contribution in [0.3, 0.4) is 0 Å². The predicted octanol–water partition coefficient (Wildman–Crippen LogP) is 4.89. The van der Waals surface area contributed by atoms with E-state index in [9.17, 15) is 5.21 Å². The van der Waals surface area contributed by atoms with Crippen LogP contribution >= 0.6 is 0 Å². The molecule has 4 nitrogen and oxygen atoms in total. The zero-order chi connectivity index (χ0) is 22.7. The Morgan fingerprint density at radius 2 is 1.43 bits per heavy atom. The molecule has 2 aromatic heterocycles. The van der Waals surface area contributed by atoms with Crippen molar-refractivity contribution in [2.45, 2.75) is 53.4 Å². The Morgan fingerprint density at radius 3 is 1.80 bits per heavy atom. The van der Waals surface area contributed by atoms with Crippen LogP contribution in [-0.4, -0.2) is 17.8 Å². The van der Waals surface area contributed by atoms with Crippen LogP contribution in [0.4, 0.5) is 0 Å². The first kappa shape index (κ1) is 25.3. The molecule has 0 aliphatic carbocycles. The van der Waals surface area contributed by atoms with Crippen LogP contribution in [0.25, 0.3) is 0 Å². The lowest BCUT2D eigenvalue weighted by atomic mass is 10.0. The second-order valence-corrected chi connectivity index (χ2v) is 8.59. The molecule has 1 aliphatic heterocycles. The van der Waals surface area contributed by atoms with Gasteiger partial charge >= 0.3 is 0 Å². The molecule has 162 valence electrons. The van der Waals surface area contributed by atoms with Gasteiger partial charge in [-0.15, -0.1) is 0 Å². The van der Waals surface area contributed by atoms with Gasteiger partial charge in [0.05, 0.1) is 0 Å². The van der Waals surface area contributed by atoms with Crippen molar-refractivity contribution in [1.29, 1.82) is 0 Å². The fourth-order valence-electron chi connectivity index (χ4n) is 2.77. The molecule has 2 aromatic rings. The van der Waals surface area contributed by atoms with Crippen LogP contribution < -0.4 is 9.30 Å². The molecule has 4 heteroatoms. The zero-order valence-corrected chi connectivity index (χ0v) is 19.7. The van der Waals surface area contributed by atoms with Crippen LogP contribution in [0, 0.1) is 11.1 Å². The van der Waals surface area contributed by atoms with Gasteiger partial charge in [0.1, 0.15) is 13.8 Å². The van der Waals surface area contributed by atoms with Crippen LogP contribution in [0.15, 0.2) is 73.0 Å². The van der Waals surface area contributed by atoms with Gasteiger partial charge in [-0.3, -0.25) is 0 Å². The molecule has 3 heterocycles. The minimum absolute atomic E-state index is 0.432. The second-order valence-electron chi connectivity index (χ2n) is 8.59. The average molecular weight is 410 g/mol. The highest BCUT2D eigenvalue weighted by Gasteiger charge is 2.10. The molecule has 0 aromatic carbocycles. The average Bonchev–Trinajstić information content (AvgIpc) is 2.69. The smallest absolute Gasteiger partial charge is 0.183 e. The van der Waals surface area contributed by atoms with Gasteiger partial charge in [-0.05, 0) is 35.5 Å². The van der Waals surface area contributed by atoms with Crippen molar-refractivity contribution in [3.8, 4) is 0 Å². The molecule has 0 fully saturated rings. The molecule has 0 amide bonds. The quantitative estimate of drug-likeness (QED) is 0.525. The minimum Gasteiger partial charge on any atom is -0.619 e. The number of rotatable bonds is 3. The Kier molecular flexibility index (Phi) is 10.7. The van der Waals surface area contributed by atoms with Gasteiger partial charge in [0.2, 0.25) is 0 Å². The van der Waals surface area contributed by atoms with Crippen molar-refractivity contribution in [3.05, 3.63) is 89.3 Å². The fraction of sp³-hybridized carbons (Fsp3) is 0.423. The maximum Gasteiger partial charge on any atom is 0.183 e. The van der Waals surface area contributed by atoms with E-state index in [1.165, 1.54) is 17.3 Å². The summed E-state index contributed by atoms with van der Waals surface area (Å²) in [5.74, 6) is 1.71. The van der Waals surface area contributed by atoms with Crippen molar-refractivity contribution in [2.75, 3.05) is 6.54 Å². The normalized spacial score (nSPS) is 12.9. The number of allylic oxidation sites excluding steroid dienone is 2. The lowest BCUT2D eigenvalue weighted by Crippen LogP contribution is -2.27. The first-order chi connectivity index (χ1) is 14.1. The van der Waals surface area contributed by atoms with Crippen LogP contribution in [-0.2, 0) is 7.05 Å². The summed E-state index contributed by atoms with van der Waals surface area (Å²) in [5.41, 5.74) is 3.93. The van der Waals surface area contributed by atoms with Gasteiger partial charge in [-0.2, -0.15) is 4.73 Å². The topological polar surface area (TPSA) is 33.8 Å². The van der Waals surface area contributed by atoms with E-state index in [0.717, 1.165) is 16.8 Å². The SMILES string of the molecule is C=[N+]1C=CC=C(C(C)C)C1.CC(C)c1ccc[n+](C)c1.CC(C)c1ccc[n+]([O-])c1. The highest BCUT2D eigenvalue weighted by Crippen LogP contribution is 2.12. The predicted molar refractivity (Wildman–Crippen MR) is 126 cm³/mol. The number of aryl methyl sites for hydroxylation is 1. The van der Waals surface area contributed by atoms with Crippen LogP contribution in [0.5, 0.6) is 0 Å². The zero-order valence-electron chi connectivity index (χ0n) is 19.7. The molecule has 0 atom stereocenters. The Hall–Kier alpha value is -2.75. The van der Waals surface area contributed by atoms with Gasteiger partial charge in [-0.25, -0.2) is 9.14 Å². The molecule has 0 bridgehead atoms. The molecule has 0 saturated carbocycles. The summed E-state index contributed by atoms with van der Waals surface area (Å²) < 4.78 is 4.86. The van der Waals surface area contributed by atoms with E-state index in [2.05, 4.69) is 77.2 Å². The Bertz CT molecular complexity index is 815. The van der Waals surface area contributed by atoms with Crippen molar-refractivity contribution in [1.82, 2.24) is 0 Å². The molecule has 1 aliphatic rings. The van der Waals surface area contributed by atoms with E-state index in [1.807, 2.05) is 36.2 Å². The Balaban J connectivity index is 0.000000225. The van der Waals surface area contributed by atoms with Gasteiger partial charge in [0, 0.05) is 29.3 Å². The number of hydrogen-bond donors (Lipinski definition) is 0. The second kappa shape index (κ2) is 12.7. The standard InChI is InChI=1S/2C9H14N.C8H11NO/c2*1-8(2)9-5-4-6-10(3)7-9;1-7(2)8-4-3-5-9(10)6-8/h4-8H,1-3H3;4-6,8H,3,7H2,1-2H3;3-7H,1-2H3/q2*+1;. The van der Waals surface area contributed by atoms with Crippen molar-refractivity contribution in [2.24, 2.45) is 13.0 Å². The molecular formula is C26H39N3O+2. The summed E-state index contributed by atoms with van der Waals surface area (Å²) in [6, 6.07) is 7.96. The molecule has 0 N–H and O–H groups in total. The first-order valence-electron chi connectivity index (χ1n) is 10.7. The molecule has 0 radical (unpaired) electrons. The lowest BCUT2D eigenvalue weighted by Gasteiger charge is -2.09. The van der Waals surface area contributed by atoms with Crippen molar-refractivity contribution >= 4 is 6.72 Å². The van der Waals surface area contributed by atoms with E-state index in [0.29, 0.717) is 17.8 Å². The molecule has 0 spiro atoms. The summed E-state index contributed by atoms with van der Waals surface area (Å²) in [6.07, 6.45) is 13.5. The highest BCUT2D eigenvalue weighted by atomic mass is 16.5. The first-order valence-corrected chi connectivity index (χ1v) is 10.7.